The maximum Gasteiger partial charge on any atom is 0.105 e. The Morgan fingerprint density at radius 3 is 2.22 bits per heavy atom. The zero-order valence-electron chi connectivity index (χ0n) is 33.4. The third-order valence-corrected chi connectivity index (χ3v) is 13.3. The Labute approximate surface area is 330 Å². The number of dihydropyridines is 1. The van der Waals surface area contributed by atoms with Crippen LogP contribution in [0.3, 0.4) is 0 Å². The molecular weight excluding hydrogens is 671 g/mol. The Balaban J connectivity index is 1.22. The van der Waals surface area contributed by atoms with E-state index in [0.29, 0.717) is 29.6 Å². The monoisotopic (exact) mass is 731 g/mol. The van der Waals surface area contributed by atoms with Crippen molar-refractivity contribution in [2.24, 2.45) is 35.3 Å². The molecule has 0 amide bonds. The van der Waals surface area contributed by atoms with Crippen LogP contribution in [0.1, 0.15) is 106 Å². The van der Waals surface area contributed by atoms with E-state index in [-0.39, 0.29) is 24.9 Å². The van der Waals surface area contributed by atoms with E-state index >= 15 is 0 Å². The molecule has 0 saturated carbocycles. The lowest BCUT2D eigenvalue weighted by atomic mass is 9.56. The number of nitrogens with one attached hydrogen (secondary N) is 2. The molecule has 5 aliphatic carbocycles. The molecule has 6 unspecified atom stereocenters. The molecule has 6 aliphatic rings. The van der Waals surface area contributed by atoms with Gasteiger partial charge < -0.3 is 16.2 Å². The predicted octanol–water partition coefficient (Wildman–Crippen LogP) is 10.6. The fourth-order valence-corrected chi connectivity index (χ4v) is 11.2. The van der Waals surface area contributed by atoms with Gasteiger partial charge in [-0.15, -0.1) is 0 Å². The lowest BCUT2D eigenvalue weighted by molar-refractivity contribution is 0.318. The SMILES string of the molecule is CC(C)C(=C(CO)C1=C(C2C3=C(CCC=C3)C(c3ccc(C(N)NC4NC=CC=C4c4ccccc4)c4c3CCCC4)C3C=CC=CC23)C=CCC1)C(C)C. The standard InChI is InChI=1S/C51H61N3O/c1-32(2)47(33(3)4)46(31-55)38-21-10-11-22-39(38)48-40-23-12-14-25-42(40)49(43-26-15-13-24-41(43)48)44-28-29-45(37-20-9-8-19-36(37)44)50(52)54-51-35(27-16-30-53-51)34-17-6-5-7-18-34/h5-7,11-14,16-18,22-25,27-30,32-33,40,42,48-51,53-55H,8-10,15,19-21,26,31,52H2,1-4H3. The van der Waals surface area contributed by atoms with E-state index in [2.05, 4.69) is 142 Å². The van der Waals surface area contributed by atoms with Gasteiger partial charge in [0, 0.05) is 11.8 Å². The Hall–Kier alpha value is -4.22. The summed E-state index contributed by atoms with van der Waals surface area (Å²) in [6.45, 7) is 9.28. The van der Waals surface area contributed by atoms with Gasteiger partial charge in [-0.1, -0.05) is 136 Å². The minimum atomic E-state index is -0.302. The first-order chi connectivity index (χ1) is 26.9. The van der Waals surface area contributed by atoms with Crippen LogP contribution >= 0.6 is 0 Å². The summed E-state index contributed by atoms with van der Waals surface area (Å²) in [5, 5.41) is 18.4. The van der Waals surface area contributed by atoms with Crippen molar-refractivity contribution in [2.45, 2.75) is 97.3 Å². The maximum absolute atomic E-state index is 11.1. The fourth-order valence-electron chi connectivity index (χ4n) is 11.2. The molecule has 4 heteroatoms. The van der Waals surface area contributed by atoms with Gasteiger partial charge in [0.15, 0.2) is 0 Å². The summed E-state index contributed by atoms with van der Waals surface area (Å²) < 4.78 is 0. The quantitative estimate of drug-likeness (QED) is 0.184. The third kappa shape index (κ3) is 7.18. The molecule has 286 valence electrons. The van der Waals surface area contributed by atoms with Crippen LogP contribution in [0, 0.1) is 29.6 Å². The molecule has 8 rings (SSSR count). The smallest absolute Gasteiger partial charge is 0.105 e. The van der Waals surface area contributed by atoms with Crippen LogP contribution in [0.5, 0.6) is 0 Å². The largest absolute Gasteiger partial charge is 0.392 e. The van der Waals surface area contributed by atoms with Crippen molar-refractivity contribution in [1.29, 1.82) is 0 Å². The first kappa shape index (κ1) is 37.7. The van der Waals surface area contributed by atoms with Crippen LogP contribution in [0.4, 0.5) is 0 Å². The van der Waals surface area contributed by atoms with E-state index in [9.17, 15) is 5.11 Å². The van der Waals surface area contributed by atoms with Gasteiger partial charge >= 0.3 is 0 Å². The lowest BCUT2D eigenvalue weighted by Crippen LogP contribution is -2.46. The summed E-state index contributed by atoms with van der Waals surface area (Å²) in [6.07, 6.45) is 34.1. The predicted molar refractivity (Wildman–Crippen MR) is 230 cm³/mol. The second kappa shape index (κ2) is 16.5. The molecule has 4 nitrogen and oxygen atoms in total. The molecule has 0 fully saturated rings. The zero-order valence-corrected chi connectivity index (χ0v) is 33.4. The first-order valence-corrected chi connectivity index (χ1v) is 21.2. The maximum atomic E-state index is 11.1. The highest BCUT2D eigenvalue weighted by molar-refractivity contribution is 5.72. The van der Waals surface area contributed by atoms with Gasteiger partial charge in [-0.25, -0.2) is 0 Å². The van der Waals surface area contributed by atoms with Gasteiger partial charge in [0.2, 0.25) is 0 Å². The molecule has 5 N–H and O–H groups in total. The van der Waals surface area contributed by atoms with Crippen LogP contribution in [0.2, 0.25) is 0 Å². The van der Waals surface area contributed by atoms with E-state index in [1.54, 1.807) is 11.1 Å². The number of benzene rings is 2. The van der Waals surface area contributed by atoms with Crippen LogP contribution in [-0.2, 0) is 12.8 Å². The van der Waals surface area contributed by atoms with E-state index in [1.165, 1.54) is 68.5 Å². The van der Waals surface area contributed by atoms with Gasteiger partial charge in [0.05, 0.1) is 12.8 Å². The second-order valence-corrected chi connectivity index (χ2v) is 17.1. The molecule has 0 radical (unpaired) electrons. The minimum absolute atomic E-state index is 0.0790. The fraction of sp³-hybridized carbons (Fsp3) is 0.412. The highest BCUT2D eigenvalue weighted by Gasteiger charge is 2.45. The number of aliphatic hydroxyl groups excluding tert-OH is 1. The molecule has 0 saturated heterocycles. The molecule has 0 aromatic heterocycles. The van der Waals surface area contributed by atoms with E-state index in [1.807, 2.05) is 6.20 Å². The summed E-state index contributed by atoms with van der Waals surface area (Å²) in [5.74, 6) is 2.07. The van der Waals surface area contributed by atoms with Crippen molar-refractivity contribution in [3.05, 3.63) is 171 Å². The summed E-state index contributed by atoms with van der Waals surface area (Å²) in [6, 6.07) is 15.4. The number of nitrogens with two attached hydrogens (primary N) is 1. The van der Waals surface area contributed by atoms with Gasteiger partial charge in [0.25, 0.3) is 0 Å². The molecular formula is C51H61N3O. The van der Waals surface area contributed by atoms with Crippen molar-refractivity contribution in [3.63, 3.8) is 0 Å². The van der Waals surface area contributed by atoms with Crippen LogP contribution in [-0.4, -0.2) is 17.9 Å². The summed E-state index contributed by atoms with van der Waals surface area (Å²) in [4.78, 5) is 0. The van der Waals surface area contributed by atoms with Crippen molar-refractivity contribution >= 4 is 5.57 Å². The summed E-state index contributed by atoms with van der Waals surface area (Å²) in [5.41, 5.74) is 23.9. The van der Waals surface area contributed by atoms with Gasteiger partial charge in [-0.05, 0) is 143 Å². The number of hydrogen-bond acceptors (Lipinski definition) is 4. The highest BCUT2D eigenvalue weighted by atomic mass is 16.3. The van der Waals surface area contributed by atoms with Crippen molar-refractivity contribution in [3.8, 4) is 0 Å². The minimum Gasteiger partial charge on any atom is -0.392 e. The molecule has 1 aliphatic heterocycles. The van der Waals surface area contributed by atoms with Gasteiger partial charge in [-0.2, -0.15) is 0 Å². The van der Waals surface area contributed by atoms with E-state index in [0.717, 1.165) is 38.5 Å². The Morgan fingerprint density at radius 1 is 0.800 bits per heavy atom. The number of rotatable bonds is 10. The average molecular weight is 732 g/mol. The van der Waals surface area contributed by atoms with Crippen LogP contribution in [0.25, 0.3) is 5.57 Å². The second-order valence-electron chi connectivity index (χ2n) is 17.1. The first-order valence-electron chi connectivity index (χ1n) is 21.2. The Bertz CT molecular complexity index is 2040. The Kier molecular flexibility index (Phi) is 11.3. The van der Waals surface area contributed by atoms with Crippen molar-refractivity contribution in [1.82, 2.24) is 10.6 Å². The zero-order chi connectivity index (χ0) is 38.1. The van der Waals surface area contributed by atoms with Gasteiger partial charge in [-0.3, -0.25) is 5.32 Å². The molecule has 6 atom stereocenters. The van der Waals surface area contributed by atoms with E-state index in [4.69, 9.17) is 5.73 Å². The average Bonchev–Trinajstić information content (AvgIpc) is 3.22. The lowest BCUT2D eigenvalue weighted by Gasteiger charge is -2.47. The summed E-state index contributed by atoms with van der Waals surface area (Å²) >= 11 is 0. The van der Waals surface area contributed by atoms with Crippen molar-refractivity contribution < 1.29 is 5.11 Å². The molecule has 2 aromatic rings. The molecule has 2 aromatic carbocycles. The molecule has 55 heavy (non-hydrogen) atoms. The van der Waals surface area contributed by atoms with Crippen LogP contribution in [0.15, 0.2) is 143 Å². The number of hydrogen-bond donors (Lipinski definition) is 4. The van der Waals surface area contributed by atoms with Gasteiger partial charge in [0.1, 0.15) is 6.17 Å². The van der Waals surface area contributed by atoms with Crippen LogP contribution < -0.4 is 16.4 Å². The molecule has 0 bridgehead atoms. The number of fused-ring (bicyclic) bond motifs is 2. The third-order valence-electron chi connectivity index (χ3n) is 13.3. The molecule has 0 spiro atoms. The summed E-state index contributed by atoms with van der Waals surface area (Å²) in [7, 11) is 0. The normalized spacial score (nSPS) is 26.1. The number of aliphatic hydroxyl groups is 1. The van der Waals surface area contributed by atoms with Crippen molar-refractivity contribution in [2.75, 3.05) is 6.61 Å². The number of allylic oxidation sites excluding steroid dienone is 14. The Morgan fingerprint density at radius 2 is 1.49 bits per heavy atom. The topological polar surface area (TPSA) is 70.3 Å². The van der Waals surface area contributed by atoms with E-state index < -0.39 is 0 Å². The highest BCUT2D eigenvalue weighted by Crippen LogP contribution is 2.57. The molecule has 1 heterocycles.